The Morgan fingerprint density at radius 2 is 1.82 bits per heavy atom. The van der Waals surface area contributed by atoms with Gasteiger partial charge in [-0.2, -0.15) is 0 Å². The van der Waals surface area contributed by atoms with Crippen LogP contribution in [0.15, 0.2) is 77.4 Å². The number of nitrogens with one attached hydrogen (secondary N) is 1. The van der Waals surface area contributed by atoms with Crippen molar-refractivity contribution in [2.75, 3.05) is 19.0 Å². The second-order valence-electron chi connectivity index (χ2n) is 7.48. The lowest BCUT2D eigenvalue weighted by atomic mass is 9.99. The molecular weight excluding hydrogens is 421 g/mol. The fourth-order valence-corrected chi connectivity index (χ4v) is 3.62. The quantitative estimate of drug-likeness (QED) is 0.322. The van der Waals surface area contributed by atoms with Crippen molar-refractivity contribution in [1.29, 1.82) is 0 Å². The molecule has 168 valence electrons. The number of allylic oxidation sites excluding steroid dienone is 1. The van der Waals surface area contributed by atoms with Crippen molar-refractivity contribution in [3.8, 4) is 22.6 Å². The lowest BCUT2D eigenvalue weighted by Gasteiger charge is -2.12. The number of carbonyl (C=O) groups excluding carboxylic acids is 1. The van der Waals surface area contributed by atoms with E-state index in [-0.39, 0.29) is 11.7 Å². The summed E-state index contributed by atoms with van der Waals surface area (Å²) >= 11 is 0. The normalized spacial score (nSPS) is 11.5. The van der Waals surface area contributed by atoms with Gasteiger partial charge in [0.05, 0.1) is 20.0 Å². The molecule has 0 spiro atoms. The predicted octanol–water partition coefficient (Wildman–Crippen LogP) is 6.69. The minimum absolute atomic E-state index is 0.258. The summed E-state index contributed by atoms with van der Waals surface area (Å²) in [4.78, 5) is 12.6. The predicted molar refractivity (Wildman–Crippen MR) is 128 cm³/mol. The third-order valence-corrected chi connectivity index (χ3v) is 5.26. The van der Waals surface area contributed by atoms with E-state index in [1.807, 2.05) is 26.0 Å². The molecule has 33 heavy (non-hydrogen) atoms. The van der Waals surface area contributed by atoms with Crippen molar-refractivity contribution in [3.05, 3.63) is 84.4 Å². The van der Waals surface area contributed by atoms with E-state index in [1.165, 1.54) is 18.2 Å². The van der Waals surface area contributed by atoms with Gasteiger partial charge in [-0.15, -0.1) is 0 Å². The summed E-state index contributed by atoms with van der Waals surface area (Å²) in [6, 6.07) is 17.1. The Bertz CT molecular complexity index is 1300. The van der Waals surface area contributed by atoms with E-state index in [2.05, 4.69) is 5.32 Å². The molecule has 4 aromatic rings. The van der Waals surface area contributed by atoms with Crippen LogP contribution in [0.2, 0.25) is 0 Å². The van der Waals surface area contributed by atoms with Gasteiger partial charge in [0, 0.05) is 34.3 Å². The minimum Gasteiger partial charge on any atom is -0.497 e. The zero-order chi connectivity index (χ0) is 23.4. The highest BCUT2D eigenvalue weighted by Crippen LogP contribution is 2.37. The zero-order valence-corrected chi connectivity index (χ0v) is 18.6. The fourth-order valence-electron chi connectivity index (χ4n) is 3.62. The average molecular weight is 445 g/mol. The summed E-state index contributed by atoms with van der Waals surface area (Å²) in [5, 5.41) is 3.70. The SMILES string of the molecule is CCOc1cc2occ(-c3ccc(F)cc3)c2cc1/C(C)=C/C(=O)Nc1ccc(OC)cc1. The Hall–Kier alpha value is -4.06. The lowest BCUT2D eigenvalue weighted by molar-refractivity contribution is -0.111. The Morgan fingerprint density at radius 3 is 2.48 bits per heavy atom. The average Bonchev–Trinajstić information content (AvgIpc) is 3.22. The van der Waals surface area contributed by atoms with Crippen LogP contribution in [0.3, 0.4) is 0 Å². The smallest absolute Gasteiger partial charge is 0.248 e. The van der Waals surface area contributed by atoms with Crippen molar-refractivity contribution in [2.45, 2.75) is 13.8 Å². The van der Waals surface area contributed by atoms with Crippen LogP contribution in [0, 0.1) is 5.82 Å². The maximum atomic E-state index is 13.4. The Balaban J connectivity index is 1.69. The van der Waals surface area contributed by atoms with E-state index < -0.39 is 0 Å². The molecule has 3 aromatic carbocycles. The van der Waals surface area contributed by atoms with Crippen LogP contribution < -0.4 is 14.8 Å². The largest absolute Gasteiger partial charge is 0.497 e. The number of hydrogen-bond acceptors (Lipinski definition) is 4. The highest BCUT2D eigenvalue weighted by molar-refractivity contribution is 6.05. The molecule has 0 saturated heterocycles. The van der Waals surface area contributed by atoms with Gasteiger partial charge in [0.15, 0.2) is 0 Å². The Labute approximate surface area is 191 Å². The second kappa shape index (κ2) is 9.61. The van der Waals surface area contributed by atoms with Crippen LogP contribution in [-0.2, 0) is 4.79 Å². The number of halogens is 1. The molecule has 0 bridgehead atoms. The maximum Gasteiger partial charge on any atom is 0.248 e. The van der Waals surface area contributed by atoms with Crippen LogP contribution in [-0.4, -0.2) is 19.6 Å². The monoisotopic (exact) mass is 445 g/mol. The van der Waals surface area contributed by atoms with E-state index in [0.29, 0.717) is 29.4 Å². The molecule has 0 aliphatic carbocycles. The molecule has 4 rings (SSSR count). The number of ether oxygens (including phenoxy) is 2. The number of fused-ring (bicyclic) bond motifs is 1. The van der Waals surface area contributed by atoms with Crippen LogP contribution in [0.25, 0.3) is 27.7 Å². The van der Waals surface area contributed by atoms with Gasteiger partial charge in [-0.1, -0.05) is 12.1 Å². The van der Waals surface area contributed by atoms with Gasteiger partial charge in [0.1, 0.15) is 22.9 Å². The first-order valence-electron chi connectivity index (χ1n) is 10.6. The number of amides is 1. The van der Waals surface area contributed by atoms with E-state index in [9.17, 15) is 9.18 Å². The standard InChI is InChI=1S/C27H24FNO4/c1-4-32-25-15-26-23(24(16-33-26)18-5-7-19(28)8-6-18)14-22(25)17(2)13-27(30)29-20-9-11-21(31-3)12-10-20/h5-16H,4H2,1-3H3,(H,29,30)/b17-13+. The summed E-state index contributed by atoms with van der Waals surface area (Å²) in [6.45, 7) is 4.22. The van der Waals surface area contributed by atoms with E-state index >= 15 is 0 Å². The Morgan fingerprint density at radius 1 is 1.09 bits per heavy atom. The van der Waals surface area contributed by atoms with Crippen LogP contribution >= 0.6 is 0 Å². The number of anilines is 1. The first-order chi connectivity index (χ1) is 16.0. The molecule has 1 aromatic heterocycles. The number of furan rings is 1. The van der Waals surface area contributed by atoms with Gasteiger partial charge < -0.3 is 19.2 Å². The molecule has 0 atom stereocenters. The molecule has 1 N–H and O–H groups in total. The molecule has 1 heterocycles. The molecule has 0 saturated carbocycles. The number of hydrogen-bond donors (Lipinski definition) is 1. The van der Waals surface area contributed by atoms with E-state index in [1.54, 1.807) is 49.8 Å². The van der Waals surface area contributed by atoms with Gasteiger partial charge in [0.25, 0.3) is 0 Å². The van der Waals surface area contributed by atoms with Crippen molar-refractivity contribution in [2.24, 2.45) is 0 Å². The summed E-state index contributed by atoms with van der Waals surface area (Å²) in [5.41, 5.74) is 4.50. The van der Waals surface area contributed by atoms with Gasteiger partial charge in [-0.3, -0.25) is 4.79 Å². The molecule has 0 aliphatic rings. The number of benzene rings is 3. The first-order valence-corrected chi connectivity index (χ1v) is 10.6. The van der Waals surface area contributed by atoms with Gasteiger partial charge in [-0.05, 0) is 67.4 Å². The van der Waals surface area contributed by atoms with Crippen LogP contribution in [0.4, 0.5) is 10.1 Å². The fraction of sp³-hybridized carbons (Fsp3) is 0.148. The van der Waals surface area contributed by atoms with Crippen molar-refractivity contribution in [3.63, 3.8) is 0 Å². The summed E-state index contributed by atoms with van der Waals surface area (Å²) in [6.07, 6.45) is 3.18. The Kier molecular flexibility index (Phi) is 6.45. The highest BCUT2D eigenvalue weighted by Gasteiger charge is 2.15. The lowest BCUT2D eigenvalue weighted by Crippen LogP contribution is -2.08. The summed E-state index contributed by atoms with van der Waals surface area (Å²) < 4.78 is 30.1. The second-order valence-corrected chi connectivity index (χ2v) is 7.48. The minimum atomic E-state index is -0.299. The molecular formula is C27H24FNO4. The van der Waals surface area contributed by atoms with Gasteiger partial charge in [-0.25, -0.2) is 4.39 Å². The van der Waals surface area contributed by atoms with Gasteiger partial charge >= 0.3 is 0 Å². The van der Waals surface area contributed by atoms with Gasteiger partial charge in [0.2, 0.25) is 5.91 Å². The van der Waals surface area contributed by atoms with E-state index in [0.717, 1.165) is 27.6 Å². The van der Waals surface area contributed by atoms with Crippen molar-refractivity contribution < 1.29 is 23.1 Å². The summed E-state index contributed by atoms with van der Waals surface area (Å²) in [7, 11) is 1.59. The molecule has 6 heteroatoms. The maximum absolute atomic E-state index is 13.4. The highest BCUT2D eigenvalue weighted by atomic mass is 19.1. The zero-order valence-electron chi connectivity index (χ0n) is 18.6. The third-order valence-electron chi connectivity index (χ3n) is 5.26. The van der Waals surface area contributed by atoms with Crippen LogP contribution in [0.1, 0.15) is 19.4 Å². The molecule has 0 aliphatic heterocycles. The number of methoxy groups -OCH3 is 1. The van der Waals surface area contributed by atoms with Crippen LogP contribution in [0.5, 0.6) is 11.5 Å². The summed E-state index contributed by atoms with van der Waals surface area (Å²) in [5.74, 6) is 0.779. The molecule has 0 radical (unpaired) electrons. The van der Waals surface area contributed by atoms with Crippen molar-refractivity contribution in [1.82, 2.24) is 0 Å². The molecule has 1 amide bonds. The topological polar surface area (TPSA) is 60.7 Å². The number of rotatable bonds is 7. The first kappa shape index (κ1) is 22.1. The molecule has 0 fully saturated rings. The van der Waals surface area contributed by atoms with Crippen molar-refractivity contribution >= 4 is 28.1 Å². The third kappa shape index (κ3) is 4.90. The molecule has 5 nitrogen and oxygen atoms in total. The van der Waals surface area contributed by atoms with E-state index in [4.69, 9.17) is 13.9 Å². The molecule has 0 unspecified atom stereocenters. The number of carbonyl (C=O) groups is 1.